The maximum atomic E-state index is 11.5. The van der Waals surface area contributed by atoms with E-state index in [0.717, 1.165) is 17.4 Å². The second kappa shape index (κ2) is 8.13. The maximum absolute atomic E-state index is 11.5. The standard InChI is InChI=1S/C20H28ClN3O2Si/c1-14-16(8-7-15(10-22)19(14)21)11-23-24-12-18(9-17(24)13-25)26-27(5,6)20(2,3)4/h7-8,11,13,17-18H,9,12H2,1-6H3/t17-,18+/m0/s1. The molecule has 7 heteroatoms. The molecule has 1 aromatic carbocycles. The zero-order chi connectivity index (χ0) is 20.4. The van der Waals surface area contributed by atoms with E-state index in [1.165, 1.54) is 0 Å². The van der Waals surface area contributed by atoms with E-state index >= 15 is 0 Å². The Morgan fingerprint density at radius 2 is 2.07 bits per heavy atom. The molecule has 1 aliphatic rings. The lowest BCUT2D eigenvalue weighted by Crippen LogP contribution is -2.44. The molecule has 0 amide bonds. The van der Waals surface area contributed by atoms with Gasteiger partial charge >= 0.3 is 0 Å². The van der Waals surface area contributed by atoms with Crippen LogP contribution < -0.4 is 0 Å². The first kappa shape index (κ1) is 21.6. The molecule has 1 aliphatic heterocycles. The lowest BCUT2D eigenvalue weighted by Gasteiger charge is -2.38. The molecule has 0 N–H and O–H groups in total. The van der Waals surface area contributed by atoms with Crippen molar-refractivity contribution in [2.45, 2.75) is 64.4 Å². The molecule has 0 aliphatic carbocycles. The van der Waals surface area contributed by atoms with Crippen molar-refractivity contribution in [1.29, 1.82) is 5.26 Å². The zero-order valence-electron chi connectivity index (χ0n) is 16.9. The summed E-state index contributed by atoms with van der Waals surface area (Å²) in [4.78, 5) is 11.5. The summed E-state index contributed by atoms with van der Waals surface area (Å²) in [7, 11) is -1.90. The number of carbonyl (C=O) groups excluding carboxylic acids is 1. The Morgan fingerprint density at radius 3 is 2.63 bits per heavy atom. The Kier molecular flexibility index (Phi) is 6.51. The lowest BCUT2D eigenvalue weighted by atomic mass is 10.1. The number of aldehydes is 1. The predicted molar refractivity (Wildman–Crippen MR) is 112 cm³/mol. The molecule has 5 nitrogen and oxygen atoms in total. The van der Waals surface area contributed by atoms with Crippen LogP contribution in [0.5, 0.6) is 0 Å². The highest BCUT2D eigenvalue weighted by molar-refractivity contribution is 6.74. The fourth-order valence-corrected chi connectivity index (χ4v) is 4.38. The zero-order valence-corrected chi connectivity index (χ0v) is 18.7. The van der Waals surface area contributed by atoms with Crippen LogP contribution in [0.2, 0.25) is 23.2 Å². The minimum absolute atomic E-state index is 0.00360. The van der Waals surface area contributed by atoms with Crippen molar-refractivity contribution < 1.29 is 9.22 Å². The van der Waals surface area contributed by atoms with Crippen LogP contribution >= 0.6 is 11.6 Å². The van der Waals surface area contributed by atoms with E-state index in [1.54, 1.807) is 17.3 Å². The molecule has 1 fully saturated rings. The topological polar surface area (TPSA) is 65.7 Å². The summed E-state index contributed by atoms with van der Waals surface area (Å²) < 4.78 is 6.46. The van der Waals surface area contributed by atoms with Gasteiger partial charge in [0.25, 0.3) is 0 Å². The highest BCUT2D eigenvalue weighted by atomic mass is 35.5. The summed E-state index contributed by atoms with van der Waals surface area (Å²) >= 11 is 6.22. The number of carbonyl (C=O) groups is 1. The van der Waals surface area contributed by atoms with Crippen molar-refractivity contribution in [3.8, 4) is 6.07 Å². The predicted octanol–water partition coefficient (Wildman–Crippen LogP) is 4.52. The van der Waals surface area contributed by atoms with Gasteiger partial charge in [-0.1, -0.05) is 38.4 Å². The van der Waals surface area contributed by atoms with E-state index in [1.807, 2.05) is 13.0 Å². The summed E-state index contributed by atoms with van der Waals surface area (Å²) in [5.41, 5.74) is 2.08. The van der Waals surface area contributed by atoms with Crippen molar-refractivity contribution in [2.24, 2.45) is 5.10 Å². The smallest absolute Gasteiger partial charge is 0.192 e. The molecule has 2 atom stereocenters. The quantitative estimate of drug-likeness (QED) is 0.410. The van der Waals surface area contributed by atoms with Crippen LogP contribution in [-0.4, -0.2) is 44.5 Å². The fraction of sp³-hybridized carbons (Fsp3) is 0.550. The van der Waals surface area contributed by atoms with Crippen LogP contribution in [0.3, 0.4) is 0 Å². The van der Waals surface area contributed by atoms with Gasteiger partial charge in [0.1, 0.15) is 18.4 Å². The van der Waals surface area contributed by atoms with Crippen LogP contribution in [-0.2, 0) is 9.22 Å². The molecule has 0 aromatic heterocycles. The van der Waals surface area contributed by atoms with Crippen LogP contribution in [0.1, 0.15) is 43.9 Å². The van der Waals surface area contributed by atoms with Gasteiger partial charge in [-0.25, -0.2) is 0 Å². The Balaban J connectivity index is 2.15. The monoisotopic (exact) mass is 405 g/mol. The molecule has 0 saturated carbocycles. The van der Waals surface area contributed by atoms with Crippen molar-refractivity contribution in [2.75, 3.05) is 6.54 Å². The first-order valence-corrected chi connectivity index (χ1v) is 12.4. The first-order valence-electron chi connectivity index (χ1n) is 9.13. The summed E-state index contributed by atoms with van der Waals surface area (Å²) in [6.07, 6.45) is 3.29. The van der Waals surface area contributed by atoms with E-state index in [4.69, 9.17) is 21.3 Å². The number of nitrogens with zero attached hydrogens (tertiary/aromatic N) is 3. The molecule has 1 aromatic rings. The van der Waals surface area contributed by atoms with Gasteiger partial charge in [0.05, 0.1) is 29.4 Å². The number of benzene rings is 1. The van der Waals surface area contributed by atoms with Gasteiger partial charge < -0.3 is 9.22 Å². The van der Waals surface area contributed by atoms with Gasteiger partial charge in [0, 0.05) is 6.42 Å². The third-order valence-electron chi connectivity index (χ3n) is 5.60. The molecular formula is C20H28ClN3O2Si. The van der Waals surface area contributed by atoms with Gasteiger partial charge in [-0.15, -0.1) is 0 Å². The van der Waals surface area contributed by atoms with Gasteiger partial charge in [-0.3, -0.25) is 5.01 Å². The first-order chi connectivity index (χ1) is 12.5. The van der Waals surface area contributed by atoms with Gasteiger partial charge in [0.15, 0.2) is 8.32 Å². The van der Waals surface area contributed by atoms with Crippen LogP contribution in [0.15, 0.2) is 17.2 Å². The van der Waals surface area contributed by atoms with E-state index in [2.05, 4.69) is 45.0 Å². The number of nitriles is 1. The summed E-state index contributed by atoms with van der Waals surface area (Å²) in [5.74, 6) is 0. The Labute approximate surface area is 168 Å². The average Bonchev–Trinajstić information content (AvgIpc) is 2.96. The van der Waals surface area contributed by atoms with Crippen molar-refractivity contribution in [3.63, 3.8) is 0 Å². The number of hydrazone groups is 1. The van der Waals surface area contributed by atoms with Crippen molar-refractivity contribution >= 4 is 32.4 Å². The second-order valence-electron chi connectivity index (χ2n) is 8.56. The molecule has 0 radical (unpaired) electrons. The number of hydrogen-bond acceptors (Lipinski definition) is 5. The molecule has 0 bridgehead atoms. The Hall–Kier alpha value is -1.68. The van der Waals surface area contributed by atoms with Crippen LogP contribution in [0, 0.1) is 18.3 Å². The van der Waals surface area contributed by atoms with Crippen LogP contribution in [0.4, 0.5) is 0 Å². The maximum Gasteiger partial charge on any atom is 0.192 e. The van der Waals surface area contributed by atoms with Crippen molar-refractivity contribution in [1.82, 2.24) is 5.01 Å². The molecule has 0 spiro atoms. The van der Waals surface area contributed by atoms with Crippen LogP contribution in [0.25, 0.3) is 0 Å². The third kappa shape index (κ3) is 4.78. The Bertz CT molecular complexity index is 781. The molecule has 1 heterocycles. The van der Waals surface area contributed by atoms with E-state index < -0.39 is 8.32 Å². The molecule has 0 unspecified atom stereocenters. The summed E-state index contributed by atoms with van der Waals surface area (Å²) in [6.45, 7) is 13.5. The van der Waals surface area contributed by atoms with Gasteiger partial charge in [-0.2, -0.15) is 10.4 Å². The summed E-state index contributed by atoms with van der Waals surface area (Å²) in [6, 6.07) is 5.28. The molecular weight excluding hydrogens is 378 g/mol. The van der Waals surface area contributed by atoms with Gasteiger partial charge in [-0.05, 0) is 42.2 Å². The SMILES string of the molecule is Cc1c(C=NN2C[C@H](O[Si](C)(C)C(C)(C)C)C[C@H]2C=O)ccc(C#N)c1Cl. The minimum Gasteiger partial charge on any atom is -0.412 e. The van der Waals surface area contributed by atoms with Crippen molar-refractivity contribution in [3.05, 3.63) is 33.8 Å². The molecule has 2 rings (SSSR count). The lowest BCUT2D eigenvalue weighted by molar-refractivity contribution is -0.111. The molecule has 1 saturated heterocycles. The third-order valence-corrected chi connectivity index (χ3v) is 10.6. The molecule has 27 heavy (non-hydrogen) atoms. The molecule has 146 valence electrons. The normalized spacial score (nSPS) is 20.9. The van der Waals surface area contributed by atoms with E-state index in [-0.39, 0.29) is 17.2 Å². The fourth-order valence-electron chi connectivity index (χ4n) is 2.81. The minimum atomic E-state index is -1.90. The number of rotatable bonds is 5. The van der Waals surface area contributed by atoms with E-state index in [9.17, 15) is 4.79 Å². The van der Waals surface area contributed by atoms with Gasteiger partial charge in [0.2, 0.25) is 0 Å². The highest BCUT2D eigenvalue weighted by Crippen LogP contribution is 2.38. The largest absolute Gasteiger partial charge is 0.412 e. The average molecular weight is 406 g/mol. The Morgan fingerprint density at radius 1 is 1.41 bits per heavy atom. The summed E-state index contributed by atoms with van der Waals surface area (Å²) in [5, 5.41) is 15.9. The highest BCUT2D eigenvalue weighted by Gasteiger charge is 2.42. The number of hydrogen-bond donors (Lipinski definition) is 0. The number of halogens is 1. The van der Waals surface area contributed by atoms with E-state index in [0.29, 0.717) is 23.6 Å². The second-order valence-corrected chi connectivity index (χ2v) is 13.7.